The van der Waals surface area contributed by atoms with Crippen LogP contribution in [0.3, 0.4) is 0 Å². The summed E-state index contributed by atoms with van der Waals surface area (Å²) in [4.78, 5) is 7.20. The van der Waals surface area contributed by atoms with Gasteiger partial charge in [0.15, 0.2) is 0 Å². The number of aromatic nitrogens is 2. The zero-order valence-corrected chi connectivity index (χ0v) is 10.1. The van der Waals surface area contributed by atoms with E-state index in [0.717, 1.165) is 0 Å². The molecule has 0 aromatic carbocycles. The van der Waals surface area contributed by atoms with E-state index in [1.807, 2.05) is 7.05 Å². The lowest BCUT2D eigenvalue weighted by molar-refractivity contribution is 0.293. The van der Waals surface area contributed by atoms with Crippen LogP contribution in [0.2, 0.25) is 0 Å². The van der Waals surface area contributed by atoms with Gasteiger partial charge in [0.05, 0.1) is 5.69 Å². The minimum Gasteiger partial charge on any atom is -0.315 e. The topological polar surface area (TPSA) is 49.8 Å². The summed E-state index contributed by atoms with van der Waals surface area (Å²) >= 11 is 0. The molecule has 1 fully saturated rings. The molecule has 17 heavy (non-hydrogen) atoms. The zero-order chi connectivity index (χ0) is 12.1. The molecule has 0 bridgehead atoms. The van der Waals surface area contributed by atoms with E-state index in [-0.39, 0.29) is 0 Å². The van der Waals surface area contributed by atoms with Gasteiger partial charge in [0.25, 0.3) is 0 Å². The highest BCUT2D eigenvalue weighted by Gasteiger charge is 2.22. The van der Waals surface area contributed by atoms with Gasteiger partial charge in [-0.15, -0.1) is 0 Å². The molecule has 2 rings (SSSR count). The van der Waals surface area contributed by atoms with E-state index in [1.165, 1.54) is 31.9 Å². The van der Waals surface area contributed by atoms with Gasteiger partial charge in [-0.3, -0.25) is 0 Å². The summed E-state index contributed by atoms with van der Waals surface area (Å²) in [5.41, 5.74) is 0.706. The molecule has 2 N–H and O–H groups in total. The average Bonchev–Trinajstić information content (AvgIpc) is 2.37. The summed E-state index contributed by atoms with van der Waals surface area (Å²) in [6.07, 6.45) is 5.71. The number of rotatable bonds is 4. The highest BCUT2D eigenvalue weighted by molar-refractivity contribution is 4.99. The fourth-order valence-electron chi connectivity index (χ4n) is 2.42. The van der Waals surface area contributed by atoms with Crippen molar-refractivity contribution in [3.8, 4) is 0 Å². The van der Waals surface area contributed by atoms with Crippen molar-refractivity contribution in [2.45, 2.75) is 44.3 Å². The van der Waals surface area contributed by atoms with Crippen molar-refractivity contribution >= 4 is 0 Å². The molecule has 0 saturated heterocycles. The van der Waals surface area contributed by atoms with Crippen LogP contribution in [0.5, 0.6) is 0 Å². The van der Waals surface area contributed by atoms with Gasteiger partial charge in [-0.05, 0) is 26.0 Å². The largest absolute Gasteiger partial charge is 0.315 e. The summed E-state index contributed by atoms with van der Waals surface area (Å²) in [7, 11) is 2.00. The molecule has 1 aliphatic carbocycles. The maximum Gasteiger partial charge on any atom is 0.308 e. The number of hydrogen-bond donors (Lipinski definition) is 2. The van der Waals surface area contributed by atoms with Crippen molar-refractivity contribution < 1.29 is 4.39 Å². The van der Waals surface area contributed by atoms with Crippen LogP contribution in [-0.4, -0.2) is 29.1 Å². The molecular formula is C12H19FN4. The summed E-state index contributed by atoms with van der Waals surface area (Å²) < 4.78 is 12.8. The molecule has 1 aromatic heterocycles. The van der Waals surface area contributed by atoms with Crippen molar-refractivity contribution in [2.24, 2.45) is 0 Å². The van der Waals surface area contributed by atoms with Gasteiger partial charge in [-0.2, -0.15) is 4.39 Å². The average molecular weight is 238 g/mol. The molecule has 0 radical (unpaired) electrons. The quantitative estimate of drug-likeness (QED) is 0.775. The molecular weight excluding hydrogens is 219 g/mol. The Labute approximate surface area is 101 Å². The lowest BCUT2D eigenvalue weighted by Crippen LogP contribution is -2.48. The molecule has 1 aromatic rings. The minimum atomic E-state index is -0.655. The monoisotopic (exact) mass is 238 g/mol. The first kappa shape index (κ1) is 12.4. The predicted octanol–water partition coefficient (Wildman–Crippen LogP) is 1.24. The summed E-state index contributed by atoms with van der Waals surface area (Å²) in [6.45, 7) is 0.599. The van der Waals surface area contributed by atoms with E-state index in [9.17, 15) is 4.39 Å². The van der Waals surface area contributed by atoms with Crippen molar-refractivity contribution in [2.75, 3.05) is 7.05 Å². The first-order valence-electron chi connectivity index (χ1n) is 6.17. The van der Waals surface area contributed by atoms with Crippen LogP contribution in [0.15, 0.2) is 12.3 Å². The maximum absolute atomic E-state index is 12.8. The molecule has 0 spiro atoms. The van der Waals surface area contributed by atoms with Gasteiger partial charge in [0.2, 0.25) is 0 Å². The smallest absolute Gasteiger partial charge is 0.308 e. The fraction of sp³-hybridized carbons (Fsp3) is 0.667. The Balaban J connectivity index is 1.88. The molecule has 1 heterocycles. The van der Waals surface area contributed by atoms with Crippen LogP contribution < -0.4 is 10.6 Å². The third-order valence-electron chi connectivity index (χ3n) is 3.37. The van der Waals surface area contributed by atoms with Crippen LogP contribution in [0.1, 0.15) is 31.4 Å². The first-order chi connectivity index (χ1) is 8.29. The zero-order valence-electron chi connectivity index (χ0n) is 10.1. The van der Waals surface area contributed by atoms with Gasteiger partial charge in [0, 0.05) is 24.8 Å². The van der Waals surface area contributed by atoms with Gasteiger partial charge in [0.1, 0.15) is 0 Å². The molecule has 5 heteroatoms. The Hall–Kier alpha value is -1.07. The third kappa shape index (κ3) is 3.44. The van der Waals surface area contributed by atoms with Crippen molar-refractivity contribution in [3.63, 3.8) is 0 Å². The van der Waals surface area contributed by atoms with Crippen LogP contribution in [-0.2, 0) is 6.54 Å². The molecule has 0 amide bonds. The highest BCUT2D eigenvalue weighted by atomic mass is 19.1. The van der Waals surface area contributed by atoms with E-state index < -0.39 is 6.08 Å². The highest BCUT2D eigenvalue weighted by Crippen LogP contribution is 2.18. The summed E-state index contributed by atoms with van der Waals surface area (Å²) in [6, 6.07) is 2.70. The maximum atomic E-state index is 12.8. The number of nitrogens with zero attached hydrogens (tertiary/aromatic N) is 2. The van der Waals surface area contributed by atoms with Crippen molar-refractivity contribution in [1.29, 1.82) is 0 Å². The van der Waals surface area contributed by atoms with Crippen LogP contribution in [0.25, 0.3) is 0 Å². The second kappa shape index (κ2) is 6.02. The normalized spacial score (nSPS) is 24.8. The summed E-state index contributed by atoms with van der Waals surface area (Å²) in [5, 5.41) is 6.78. The Morgan fingerprint density at radius 3 is 2.82 bits per heavy atom. The summed E-state index contributed by atoms with van der Waals surface area (Å²) in [5.74, 6) is 0. The van der Waals surface area contributed by atoms with Gasteiger partial charge in [-0.1, -0.05) is 12.8 Å². The van der Waals surface area contributed by atoms with Crippen molar-refractivity contribution in [3.05, 3.63) is 24.0 Å². The second-order valence-corrected chi connectivity index (χ2v) is 4.48. The SMILES string of the molecule is CNC1CCCCC1NCc1ccnc(F)n1. The molecule has 2 unspecified atom stereocenters. The molecule has 94 valence electrons. The standard InChI is InChI=1S/C12H19FN4/c1-14-10-4-2-3-5-11(10)16-8-9-6-7-15-12(13)17-9/h6-7,10-11,14,16H,2-5,8H2,1H3. The molecule has 4 nitrogen and oxygen atoms in total. The van der Waals surface area contributed by atoms with E-state index in [4.69, 9.17) is 0 Å². The Morgan fingerprint density at radius 2 is 2.12 bits per heavy atom. The van der Waals surface area contributed by atoms with E-state index in [0.29, 0.717) is 24.3 Å². The van der Waals surface area contributed by atoms with Gasteiger partial charge >= 0.3 is 6.08 Å². The molecule has 1 saturated carbocycles. The van der Waals surface area contributed by atoms with Crippen molar-refractivity contribution in [1.82, 2.24) is 20.6 Å². The Morgan fingerprint density at radius 1 is 1.35 bits per heavy atom. The van der Waals surface area contributed by atoms with E-state index in [2.05, 4.69) is 20.6 Å². The molecule has 1 aliphatic rings. The molecule has 2 atom stereocenters. The Bertz CT molecular complexity index is 358. The first-order valence-corrected chi connectivity index (χ1v) is 6.17. The fourth-order valence-corrected chi connectivity index (χ4v) is 2.42. The van der Waals surface area contributed by atoms with Gasteiger partial charge < -0.3 is 10.6 Å². The predicted molar refractivity (Wildman–Crippen MR) is 63.9 cm³/mol. The second-order valence-electron chi connectivity index (χ2n) is 4.48. The Kier molecular flexibility index (Phi) is 4.39. The number of halogens is 1. The van der Waals surface area contributed by atoms with Crippen LogP contribution >= 0.6 is 0 Å². The minimum absolute atomic E-state index is 0.451. The third-order valence-corrected chi connectivity index (χ3v) is 3.37. The van der Waals surface area contributed by atoms with Crippen LogP contribution in [0.4, 0.5) is 4.39 Å². The lowest BCUT2D eigenvalue weighted by atomic mass is 9.90. The van der Waals surface area contributed by atoms with Crippen LogP contribution in [0, 0.1) is 6.08 Å². The number of likely N-dealkylation sites (N-methyl/N-ethyl adjacent to an activating group) is 1. The van der Waals surface area contributed by atoms with E-state index >= 15 is 0 Å². The number of nitrogens with one attached hydrogen (secondary N) is 2. The van der Waals surface area contributed by atoms with E-state index in [1.54, 1.807) is 6.07 Å². The molecule has 0 aliphatic heterocycles. The number of hydrogen-bond acceptors (Lipinski definition) is 4. The lowest BCUT2D eigenvalue weighted by Gasteiger charge is -2.32. The van der Waals surface area contributed by atoms with Gasteiger partial charge in [-0.25, -0.2) is 9.97 Å².